The van der Waals surface area contributed by atoms with Crippen LogP contribution in [-0.2, 0) is 47.5 Å². The van der Waals surface area contributed by atoms with Gasteiger partial charge in [0, 0.05) is 12.8 Å². The lowest BCUT2D eigenvalue weighted by Crippen LogP contribution is -2.15. The molecule has 11 heteroatoms. The van der Waals surface area contributed by atoms with Crippen LogP contribution >= 0.6 is 0 Å². The number of carbonyl (C=O) groups excluding carboxylic acids is 1. The summed E-state index contributed by atoms with van der Waals surface area (Å²) in [6.45, 7) is 6.38. The quantitative estimate of drug-likeness (QED) is 0.0999. The molecule has 0 saturated heterocycles. The first-order chi connectivity index (χ1) is 16.7. The van der Waals surface area contributed by atoms with E-state index in [1.165, 1.54) is 0 Å². The molecule has 0 heterocycles. The second-order valence-electron chi connectivity index (χ2n) is 6.75. The highest BCUT2D eigenvalue weighted by Gasteiger charge is 2.04. The maximum atomic E-state index is 11.4. The van der Waals surface area contributed by atoms with Gasteiger partial charge in [0.2, 0.25) is 0 Å². The van der Waals surface area contributed by atoms with E-state index in [0.29, 0.717) is 98.7 Å². The molecule has 0 aliphatic heterocycles. The molecular weight excluding hydrogens is 452 g/mol. The minimum Gasteiger partial charge on any atom is -0.481 e. The number of hydrogen-bond donors (Lipinski definition) is 1. The number of hydrogen-bond acceptors (Lipinski definition) is 10. The van der Waals surface area contributed by atoms with Crippen LogP contribution in [0.5, 0.6) is 0 Å². The molecule has 0 fully saturated rings. The lowest BCUT2D eigenvalue weighted by atomic mass is 10.2. The molecular formula is C23H40O11. The fraction of sp³-hybridized carbons (Fsp3) is 0.826. The Hall–Kier alpha value is -1.78. The summed E-state index contributed by atoms with van der Waals surface area (Å²) in [5.74, 6) is 1.18. The van der Waals surface area contributed by atoms with Gasteiger partial charge in [-0.05, 0) is 12.8 Å². The zero-order valence-electron chi connectivity index (χ0n) is 20.0. The number of esters is 1. The third kappa shape index (κ3) is 28.3. The van der Waals surface area contributed by atoms with Gasteiger partial charge in [-0.1, -0.05) is 5.92 Å². The van der Waals surface area contributed by atoms with Crippen LogP contribution in [0.4, 0.5) is 0 Å². The fourth-order valence-electron chi connectivity index (χ4n) is 2.28. The van der Waals surface area contributed by atoms with Crippen LogP contribution in [0, 0.1) is 12.3 Å². The van der Waals surface area contributed by atoms with Gasteiger partial charge in [-0.15, -0.1) is 6.42 Å². The van der Waals surface area contributed by atoms with Crippen LogP contribution in [0.15, 0.2) is 0 Å². The first-order valence-corrected chi connectivity index (χ1v) is 11.5. The number of rotatable bonds is 27. The average Bonchev–Trinajstić information content (AvgIpc) is 2.82. The second-order valence-corrected chi connectivity index (χ2v) is 6.75. The molecule has 0 unspecified atom stereocenters. The van der Waals surface area contributed by atoms with E-state index in [4.69, 9.17) is 49.4 Å². The van der Waals surface area contributed by atoms with E-state index < -0.39 is 5.97 Å². The molecule has 34 heavy (non-hydrogen) atoms. The number of unbranched alkanes of at least 4 members (excludes halogenated alkanes) is 1. The number of carbonyl (C=O) groups is 2. The van der Waals surface area contributed by atoms with Gasteiger partial charge in [0.25, 0.3) is 0 Å². The van der Waals surface area contributed by atoms with E-state index in [9.17, 15) is 9.59 Å². The molecule has 0 aliphatic rings. The zero-order valence-corrected chi connectivity index (χ0v) is 20.0. The normalized spacial score (nSPS) is 10.8. The Kier molecular flexibility index (Phi) is 26.0. The molecule has 11 nitrogen and oxygen atoms in total. The van der Waals surface area contributed by atoms with Gasteiger partial charge in [0.05, 0.1) is 85.9 Å². The Morgan fingerprint density at radius 1 is 0.559 bits per heavy atom. The van der Waals surface area contributed by atoms with Crippen molar-refractivity contribution >= 4 is 11.9 Å². The predicted octanol–water partition coefficient (Wildman–Crippen LogP) is 0.924. The van der Waals surface area contributed by atoms with Crippen molar-refractivity contribution in [2.45, 2.75) is 25.7 Å². The molecule has 0 aromatic carbocycles. The molecule has 0 amide bonds. The molecule has 0 spiro atoms. The fourth-order valence-corrected chi connectivity index (χ4v) is 2.28. The number of aliphatic carboxylic acids is 1. The van der Waals surface area contributed by atoms with E-state index in [1.54, 1.807) is 0 Å². The number of carboxylic acids is 1. The van der Waals surface area contributed by atoms with Gasteiger partial charge >= 0.3 is 11.9 Å². The summed E-state index contributed by atoms with van der Waals surface area (Å²) in [4.78, 5) is 21.8. The molecule has 198 valence electrons. The highest BCUT2D eigenvalue weighted by molar-refractivity contribution is 5.69. The van der Waals surface area contributed by atoms with Crippen molar-refractivity contribution in [3.8, 4) is 12.3 Å². The van der Waals surface area contributed by atoms with Gasteiger partial charge in [0.15, 0.2) is 0 Å². The SMILES string of the molecule is C#CCOCCOCCOCCOCCOCCOCCOCCOC(=O)CCCCC(=O)O. The zero-order chi connectivity index (χ0) is 25.0. The Morgan fingerprint density at radius 3 is 1.29 bits per heavy atom. The van der Waals surface area contributed by atoms with E-state index in [-0.39, 0.29) is 32.0 Å². The van der Waals surface area contributed by atoms with Crippen molar-refractivity contribution in [2.24, 2.45) is 0 Å². The van der Waals surface area contributed by atoms with Gasteiger partial charge in [0.1, 0.15) is 13.2 Å². The van der Waals surface area contributed by atoms with Crippen molar-refractivity contribution in [3.05, 3.63) is 0 Å². The Morgan fingerprint density at radius 2 is 0.912 bits per heavy atom. The third-order valence-electron chi connectivity index (χ3n) is 3.93. The van der Waals surface area contributed by atoms with Crippen molar-refractivity contribution < 1.29 is 52.6 Å². The first-order valence-electron chi connectivity index (χ1n) is 11.5. The Labute approximate surface area is 202 Å². The minimum atomic E-state index is -0.861. The predicted molar refractivity (Wildman–Crippen MR) is 122 cm³/mol. The van der Waals surface area contributed by atoms with Crippen LogP contribution in [0.25, 0.3) is 0 Å². The lowest BCUT2D eigenvalue weighted by molar-refractivity contribution is -0.146. The van der Waals surface area contributed by atoms with Gasteiger partial charge < -0.3 is 43.0 Å². The standard InChI is InChI=1S/C23H40O11/c1-2-7-27-8-9-28-10-11-29-12-13-30-14-15-31-16-17-32-18-19-33-20-21-34-23(26)6-4-3-5-22(24)25/h1H,3-21H2,(H,24,25). The molecule has 0 atom stereocenters. The molecule has 0 aliphatic carbocycles. The Bertz CT molecular complexity index is 508. The van der Waals surface area contributed by atoms with Crippen molar-refractivity contribution in [1.82, 2.24) is 0 Å². The van der Waals surface area contributed by atoms with E-state index in [2.05, 4.69) is 5.92 Å². The highest BCUT2D eigenvalue weighted by atomic mass is 16.6. The van der Waals surface area contributed by atoms with E-state index in [1.807, 2.05) is 0 Å². The van der Waals surface area contributed by atoms with Crippen LogP contribution in [0.2, 0.25) is 0 Å². The summed E-state index contributed by atoms with van der Waals surface area (Å²) < 4.78 is 42.2. The molecule has 0 saturated carbocycles. The van der Waals surface area contributed by atoms with Crippen LogP contribution in [0.3, 0.4) is 0 Å². The third-order valence-corrected chi connectivity index (χ3v) is 3.93. The molecule has 0 radical (unpaired) electrons. The maximum absolute atomic E-state index is 11.4. The van der Waals surface area contributed by atoms with E-state index in [0.717, 1.165) is 0 Å². The average molecular weight is 493 g/mol. The summed E-state index contributed by atoms with van der Waals surface area (Å²) in [5, 5.41) is 8.51. The van der Waals surface area contributed by atoms with Crippen molar-refractivity contribution in [2.75, 3.05) is 99.1 Å². The first kappa shape index (κ1) is 32.2. The summed E-state index contributed by atoms with van der Waals surface area (Å²) in [6.07, 6.45) is 6.31. The van der Waals surface area contributed by atoms with Crippen molar-refractivity contribution in [1.29, 1.82) is 0 Å². The van der Waals surface area contributed by atoms with Crippen LogP contribution < -0.4 is 0 Å². The summed E-state index contributed by atoms with van der Waals surface area (Å²) >= 11 is 0. The highest BCUT2D eigenvalue weighted by Crippen LogP contribution is 2.01. The maximum Gasteiger partial charge on any atom is 0.305 e. The summed E-state index contributed by atoms with van der Waals surface area (Å²) in [5.41, 5.74) is 0. The van der Waals surface area contributed by atoms with E-state index >= 15 is 0 Å². The van der Waals surface area contributed by atoms with Crippen LogP contribution in [-0.4, -0.2) is 116 Å². The molecule has 0 aromatic heterocycles. The molecule has 0 bridgehead atoms. The second kappa shape index (κ2) is 27.5. The number of ether oxygens (including phenoxy) is 8. The molecule has 1 N–H and O–H groups in total. The van der Waals surface area contributed by atoms with Crippen LogP contribution in [0.1, 0.15) is 25.7 Å². The summed E-state index contributed by atoms with van der Waals surface area (Å²) in [6, 6.07) is 0. The Balaban J connectivity index is 3.11. The van der Waals surface area contributed by atoms with Gasteiger partial charge in [-0.3, -0.25) is 9.59 Å². The topological polar surface area (TPSA) is 128 Å². The minimum absolute atomic E-state index is 0.0639. The summed E-state index contributed by atoms with van der Waals surface area (Å²) in [7, 11) is 0. The molecule has 0 aromatic rings. The van der Waals surface area contributed by atoms with Crippen molar-refractivity contribution in [3.63, 3.8) is 0 Å². The smallest absolute Gasteiger partial charge is 0.305 e. The number of carboxylic acid groups (broad SMARTS) is 1. The molecule has 0 rings (SSSR count). The van der Waals surface area contributed by atoms with Gasteiger partial charge in [-0.25, -0.2) is 0 Å². The lowest BCUT2D eigenvalue weighted by Gasteiger charge is -2.08. The largest absolute Gasteiger partial charge is 0.481 e. The van der Waals surface area contributed by atoms with Gasteiger partial charge in [-0.2, -0.15) is 0 Å². The number of terminal acetylenes is 1. The monoisotopic (exact) mass is 492 g/mol.